The standard InChI is InChI=1S/C39H47ClFNO5S/c1-4-47-34(45)42(19-13-26-7-6-20-48-26)24-38(46)16-12-33-36(38,3)15-11-32-35(2)14-10-25(43)22-37(35)17-18-39(32,33)28(23-37)31(44)21-27-29(40)8-5-9-30(27)41/h5-9,17-18,20,23,25,32-33,43,46H,4,10-16,19,21-22,24H2,1-3H3/t25?,32-,33-,35-,36+,37+,38-,39-/m1/s1. The number of thiophene rings is 1. The highest BCUT2D eigenvalue weighted by molar-refractivity contribution is 7.09. The number of carbonyl (C=O) groups is 2. The summed E-state index contributed by atoms with van der Waals surface area (Å²) in [6.45, 7) is 7.13. The van der Waals surface area contributed by atoms with Gasteiger partial charge in [-0.25, -0.2) is 9.18 Å². The van der Waals surface area contributed by atoms with E-state index in [2.05, 4.69) is 38.1 Å². The van der Waals surface area contributed by atoms with Gasteiger partial charge in [0.15, 0.2) is 5.78 Å². The van der Waals surface area contributed by atoms with Crippen LogP contribution in [0.1, 0.15) is 76.2 Å². The molecule has 2 N–H and O–H groups in total. The van der Waals surface area contributed by atoms with Crippen LogP contribution in [-0.2, 0) is 22.4 Å². The summed E-state index contributed by atoms with van der Waals surface area (Å²) < 4.78 is 20.6. The number of hydrogen-bond donors (Lipinski definition) is 2. The molecule has 6 aliphatic rings. The van der Waals surface area contributed by atoms with E-state index >= 15 is 4.39 Å². The molecule has 8 rings (SSSR count). The van der Waals surface area contributed by atoms with E-state index in [4.69, 9.17) is 16.3 Å². The molecule has 3 saturated carbocycles. The Hall–Kier alpha value is -2.52. The van der Waals surface area contributed by atoms with E-state index in [-0.39, 0.29) is 53.2 Å². The number of ketones is 1. The number of amides is 1. The summed E-state index contributed by atoms with van der Waals surface area (Å²) in [5.74, 6) is -0.618. The second kappa shape index (κ2) is 12.1. The summed E-state index contributed by atoms with van der Waals surface area (Å²) in [5, 5.41) is 26.0. The van der Waals surface area contributed by atoms with Gasteiger partial charge in [0.05, 0.1) is 24.9 Å². The largest absolute Gasteiger partial charge is 0.450 e. The number of hydrogen-bond acceptors (Lipinski definition) is 6. The highest BCUT2D eigenvalue weighted by atomic mass is 35.5. The fourth-order valence-corrected chi connectivity index (χ4v) is 12.0. The van der Waals surface area contributed by atoms with E-state index in [1.54, 1.807) is 35.3 Å². The van der Waals surface area contributed by atoms with Gasteiger partial charge in [-0.2, -0.15) is 0 Å². The first-order valence-electron chi connectivity index (χ1n) is 17.6. The Morgan fingerprint density at radius 1 is 1.06 bits per heavy atom. The second-order valence-corrected chi connectivity index (χ2v) is 17.0. The number of carbonyl (C=O) groups excluding carboxylic acids is 2. The van der Waals surface area contributed by atoms with Gasteiger partial charge in [0, 0.05) is 50.2 Å². The maximum absolute atomic E-state index is 15.1. The van der Waals surface area contributed by atoms with Crippen LogP contribution in [0.2, 0.25) is 5.02 Å². The third kappa shape index (κ3) is 4.90. The average molecular weight is 696 g/mol. The van der Waals surface area contributed by atoms with E-state index in [0.717, 1.165) is 19.3 Å². The Morgan fingerprint density at radius 3 is 2.54 bits per heavy atom. The van der Waals surface area contributed by atoms with Crippen LogP contribution in [-0.4, -0.2) is 58.4 Å². The van der Waals surface area contributed by atoms with Crippen molar-refractivity contribution >= 4 is 34.8 Å². The van der Waals surface area contributed by atoms with Gasteiger partial charge in [-0.3, -0.25) is 4.79 Å². The quantitative estimate of drug-likeness (QED) is 0.260. The molecule has 258 valence electrons. The summed E-state index contributed by atoms with van der Waals surface area (Å²) >= 11 is 8.10. The fraction of sp³-hybridized carbons (Fsp3) is 0.590. The predicted octanol–water partition coefficient (Wildman–Crippen LogP) is 7.94. The molecular weight excluding hydrogens is 649 g/mol. The average Bonchev–Trinajstić information content (AvgIpc) is 3.66. The van der Waals surface area contributed by atoms with Crippen molar-refractivity contribution in [2.75, 3.05) is 19.7 Å². The summed E-state index contributed by atoms with van der Waals surface area (Å²) in [7, 11) is 0. The van der Waals surface area contributed by atoms with Gasteiger partial charge >= 0.3 is 6.09 Å². The molecule has 6 aliphatic carbocycles. The van der Waals surface area contributed by atoms with Gasteiger partial charge in [-0.15, -0.1) is 11.3 Å². The molecule has 0 radical (unpaired) electrons. The van der Waals surface area contributed by atoms with Crippen molar-refractivity contribution in [2.24, 2.45) is 33.5 Å². The maximum Gasteiger partial charge on any atom is 0.409 e. The van der Waals surface area contributed by atoms with Crippen LogP contribution in [0, 0.1) is 39.3 Å². The lowest BCUT2D eigenvalue weighted by Crippen LogP contribution is -2.67. The molecule has 0 saturated heterocycles. The Kier molecular flexibility index (Phi) is 8.54. The fourth-order valence-electron chi connectivity index (χ4n) is 11.1. The summed E-state index contributed by atoms with van der Waals surface area (Å²) in [6, 6.07) is 8.56. The monoisotopic (exact) mass is 695 g/mol. The van der Waals surface area contributed by atoms with E-state index in [9.17, 15) is 19.8 Å². The number of benzene rings is 1. The number of aliphatic hydroxyl groups excluding tert-OH is 1. The zero-order chi connectivity index (χ0) is 34.1. The molecule has 2 bridgehead atoms. The molecule has 1 aromatic carbocycles. The zero-order valence-electron chi connectivity index (χ0n) is 28.1. The smallest absolute Gasteiger partial charge is 0.409 e. The van der Waals surface area contributed by atoms with Crippen molar-refractivity contribution in [3.63, 3.8) is 0 Å². The van der Waals surface area contributed by atoms with Gasteiger partial charge in [-0.1, -0.05) is 55.8 Å². The summed E-state index contributed by atoms with van der Waals surface area (Å²) in [6.07, 6.45) is 11.1. The minimum Gasteiger partial charge on any atom is -0.450 e. The highest BCUT2D eigenvalue weighted by Crippen LogP contribution is 2.78. The van der Waals surface area contributed by atoms with E-state index < -0.39 is 39.9 Å². The van der Waals surface area contributed by atoms with Crippen LogP contribution in [0.3, 0.4) is 0 Å². The van der Waals surface area contributed by atoms with Crippen LogP contribution in [0.5, 0.6) is 0 Å². The molecule has 3 fully saturated rings. The van der Waals surface area contributed by atoms with Gasteiger partial charge in [0.25, 0.3) is 0 Å². The third-order valence-electron chi connectivity index (χ3n) is 13.6. The number of fused-ring (bicyclic) bond motifs is 1. The first-order valence-corrected chi connectivity index (χ1v) is 18.8. The molecular formula is C39H47ClFNO5S. The van der Waals surface area contributed by atoms with Gasteiger partial charge in [0.2, 0.25) is 0 Å². The Labute approximate surface area is 292 Å². The first kappa shape index (κ1) is 34.0. The van der Waals surface area contributed by atoms with Crippen molar-refractivity contribution in [3.05, 3.63) is 80.8 Å². The van der Waals surface area contributed by atoms with Crippen LogP contribution < -0.4 is 0 Å². The molecule has 1 amide bonds. The van der Waals surface area contributed by atoms with E-state index in [0.29, 0.717) is 44.2 Å². The Balaban J connectivity index is 1.28. The van der Waals surface area contributed by atoms with Gasteiger partial charge < -0.3 is 19.8 Å². The molecule has 48 heavy (non-hydrogen) atoms. The van der Waals surface area contributed by atoms with Crippen molar-refractivity contribution in [2.45, 2.75) is 90.3 Å². The van der Waals surface area contributed by atoms with Crippen LogP contribution >= 0.6 is 22.9 Å². The number of halogens is 2. The summed E-state index contributed by atoms with van der Waals surface area (Å²) in [4.78, 5) is 30.8. The number of nitrogens with zero attached hydrogens (tertiary/aromatic N) is 1. The van der Waals surface area contributed by atoms with E-state index in [1.165, 1.54) is 10.9 Å². The molecule has 0 aliphatic heterocycles. The molecule has 6 nitrogen and oxygen atoms in total. The van der Waals surface area contributed by atoms with Gasteiger partial charge in [-0.05, 0) is 99.1 Å². The second-order valence-electron chi connectivity index (χ2n) is 15.6. The number of Topliss-reactive ketones (excluding diaryl/α,β-unsaturated/α-hetero) is 1. The number of rotatable bonds is 9. The number of ether oxygens (including phenoxy) is 1. The van der Waals surface area contributed by atoms with Crippen molar-refractivity contribution in [1.29, 1.82) is 0 Å². The molecule has 8 atom stereocenters. The van der Waals surface area contributed by atoms with E-state index in [1.807, 2.05) is 11.4 Å². The molecule has 2 aromatic rings. The lowest BCUT2D eigenvalue weighted by atomic mass is 9.32. The molecule has 1 unspecified atom stereocenters. The van der Waals surface area contributed by atoms with Crippen LogP contribution in [0.15, 0.2) is 59.5 Å². The number of allylic oxidation sites excluding steroid dienone is 4. The van der Waals surface area contributed by atoms with Crippen LogP contribution in [0.25, 0.3) is 0 Å². The third-order valence-corrected chi connectivity index (χ3v) is 14.9. The maximum atomic E-state index is 15.1. The summed E-state index contributed by atoms with van der Waals surface area (Å²) in [5.41, 5.74) is -2.26. The minimum atomic E-state index is -1.20. The lowest BCUT2D eigenvalue weighted by Gasteiger charge is -2.71. The molecule has 2 spiro atoms. The predicted molar refractivity (Wildman–Crippen MR) is 185 cm³/mol. The Bertz CT molecular complexity index is 1640. The zero-order valence-corrected chi connectivity index (χ0v) is 29.7. The topological polar surface area (TPSA) is 87.1 Å². The molecule has 1 heterocycles. The molecule has 1 aromatic heterocycles. The van der Waals surface area contributed by atoms with Crippen molar-refractivity contribution < 1.29 is 28.9 Å². The van der Waals surface area contributed by atoms with Gasteiger partial charge in [0.1, 0.15) is 5.82 Å². The Morgan fingerprint density at radius 2 is 1.81 bits per heavy atom. The SMILES string of the molecule is CCOC(=O)N(CCc1cccs1)C[C@]1(O)CC[C@H]2[C@]34C=C[C@@]5(C=C3C(=O)Cc3c(F)cccc3Cl)CC(O)CC[C@]5(C)[C@H]4CC[C@@]21C. The number of aliphatic hydroxyl groups is 2. The van der Waals surface area contributed by atoms with Crippen LogP contribution in [0.4, 0.5) is 9.18 Å². The van der Waals surface area contributed by atoms with Crippen molar-refractivity contribution in [3.8, 4) is 0 Å². The molecule has 9 heteroatoms. The minimum absolute atomic E-state index is 0.0837. The lowest BCUT2D eigenvalue weighted by molar-refractivity contribution is -0.178. The highest BCUT2D eigenvalue weighted by Gasteiger charge is 2.74. The first-order chi connectivity index (χ1) is 22.8. The van der Waals surface area contributed by atoms with Crippen molar-refractivity contribution in [1.82, 2.24) is 4.90 Å². The normalized spacial score (nSPS) is 37.7.